The van der Waals surface area contributed by atoms with E-state index >= 15 is 0 Å². The average Bonchev–Trinajstić information content (AvgIpc) is 3.39. The third-order valence-corrected chi connectivity index (χ3v) is 6.09. The standard InChI is InChI=1S/C23H21ClFN5O2/c1-26-4-5-30-11-18(16-9-27-19(8-20(16)30)17-10-28-29-23(17)24)22(31)14-6-13-7-15(25)2-3-21(13)32-12-14/h2-3,7-11,14,26H,4-6,12H2,1H3,(H,28,29). The SMILES string of the molecule is CNCCn1cc(C(=O)C2COc3ccc(F)cc3C2)c2cnc(-c3cn[nH]c3Cl)cc21. The number of carbonyl (C=O) groups is 1. The number of ether oxygens (including phenoxy) is 1. The summed E-state index contributed by atoms with van der Waals surface area (Å²) < 4.78 is 21.5. The Bertz CT molecular complexity index is 1320. The number of H-pyrrole nitrogens is 1. The van der Waals surface area contributed by atoms with E-state index in [0.29, 0.717) is 46.3 Å². The van der Waals surface area contributed by atoms with Crippen LogP contribution in [0.1, 0.15) is 15.9 Å². The first kappa shape index (κ1) is 20.7. The number of hydrogen-bond acceptors (Lipinski definition) is 5. The lowest BCUT2D eigenvalue weighted by molar-refractivity contribution is 0.0856. The lowest BCUT2D eigenvalue weighted by Crippen LogP contribution is -2.28. The van der Waals surface area contributed by atoms with Gasteiger partial charge in [-0.05, 0) is 43.3 Å². The van der Waals surface area contributed by atoms with Crippen LogP contribution in [-0.2, 0) is 13.0 Å². The molecule has 0 saturated heterocycles. The molecule has 164 valence electrons. The zero-order valence-corrected chi connectivity index (χ0v) is 18.1. The van der Waals surface area contributed by atoms with E-state index in [9.17, 15) is 9.18 Å². The van der Waals surface area contributed by atoms with Crippen LogP contribution in [0.4, 0.5) is 4.39 Å². The minimum Gasteiger partial charge on any atom is -0.493 e. The number of carbonyl (C=O) groups excluding carboxylic acids is 1. The van der Waals surface area contributed by atoms with E-state index in [0.717, 1.165) is 17.4 Å². The van der Waals surface area contributed by atoms with Gasteiger partial charge in [-0.15, -0.1) is 0 Å². The van der Waals surface area contributed by atoms with Gasteiger partial charge in [-0.3, -0.25) is 14.9 Å². The molecule has 4 heterocycles. The van der Waals surface area contributed by atoms with E-state index in [-0.39, 0.29) is 18.2 Å². The van der Waals surface area contributed by atoms with Crippen LogP contribution in [0.2, 0.25) is 5.15 Å². The van der Waals surface area contributed by atoms with Crippen LogP contribution >= 0.6 is 11.6 Å². The highest BCUT2D eigenvalue weighted by atomic mass is 35.5. The van der Waals surface area contributed by atoms with Crippen LogP contribution in [0.5, 0.6) is 5.75 Å². The number of nitrogens with zero attached hydrogens (tertiary/aromatic N) is 3. The van der Waals surface area contributed by atoms with Gasteiger partial charge in [0.15, 0.2) is 5.78 Å². The minimum absolute atomic E-state index is 0.0380. The van der Waals surface area contributed by atoms with Crippen molar-refractivity contribution in [2.75, 3.05) is 20.2 Å². The molecule has 1 atom stereocenters. The maximum atomic E-state index is 13.7. The van der Waals surface area contributed by atoms with Gasteiger partial charge in [-0.1, -0.05) is 11.6 Å². The van der Waals surface area contributed by atoms with Crippen LogP contribution in [0, 0.1) is 11.7 Å². The topological polar surface area (TPSA) is 84.8 Å². The van der Waals surface area contributed by atoms with E-state index in [4.69, 9.17) is 16.3 Å². The second kappa shape index (κ2) is 8.37. The van der Waals surface area contributed by atoms with Crippen LogP contribution in [0.3, 0.4) is 0 Å². The van der Waals surface area contributed by atoms with Crippen molar-refractivity contribution >= 4 is 28.3 Å². The van der Waals surface area contributed by atoms with Gasteiger partial charge in [0.1, 0.15) is 16.7 Å². The average molecular weight is 454 g/mol. The quantitative estimate of drug-likeness (QED) is 0.433. The van der Waals surface area contributed by atoms with Crippen LogP contribution in [-0.4, -0.2) is 45.7 Å². The number of aromatic amines is 1. The van der Waals surface area contributed by atoms with Crippen LogP contribution in [0.25, 0.3) is 22.2 Å². The predicted octanol–water partition coefficient (Wildman–Crippen LogP) is 3.87. The van der Waals surface area contributed by atoms with Gasteiger partial charge in [0.2, 0.25) is 0 Å². The van der Waals surface area contributed by atoms with E-state index in [1.54, 1.807) is 18.5 Å². The third kappa shape index (κ3) is 3.65. The monoisotopic (exact) mass is 453 g/mol. The smallest absolute Gasteiger partial charge is 0.171 e. The highest BCUT2D eigenvalue weighted by Crippen LogP contribution is 2.33. The van der Waals surface area contributed by atoms with E-state index in [1.807, 2.05) is 23.9 Å². The summed E-state index contributed by atoms with van der Waals surface area (Å²) in [5, 5.41) is 11.0. The van der Waals surface area contributed by atoms with Crippen molar-refractivity contribution in [3.05, 3.63) is 65.0 Å². The summed E-state index contributed by atoms with van der Waals surface area (Å²) in [7, 11) is 1.88. The largest absolute Gasteiger partial charge is 0.493 e. The molecule has 3 aromatic heterocycles. The molecule has 4 aromatic rings. The zero-order chi connectivity index (χ0) is 22.2. The first-order valence-corrected chi connectivity index (χ1v) is 10.7. The fraction of sp³-hybridized carbons (Fsp3) is 0.261. The van der Waals surface area contributed by atoms with E-state index in [2.05, 4.69) is 20.5 Å². The molecule has 1 aliphatic heterocycles. The van der Waals surface area contributed by atoms with Gasteiger partial charge in [-0.25, -0.2) is 4.39 Å². The maximum Gasteiger partial charge on any atom is 0.171 e. The summed E-state index contributed by atoms with van der Waals surface area (Å²) in [6, 6.07) is 6.33. The molecular formula is C23H21ClFN5O2. The minimum atomic E-state index is -0.393. The number of pyridine rings is 1. The van der Waals surface area contributed by atoms with E-state index < -0.39 is 5.92 Å². The van der Waals surface area contributed by atoms with Gasteiger partial charge in [0, 0.05) is 36.4 Å². The molecule has 7 nitrogen and oxygen atoms in total. The fourth-order valence-electron chi connectivity index (χ4n) is 4.15. The summed E-state index contributed by atoms with van der Waals surface area (Å²) in [6.45, 7) is 1.68. The molecule has 0 saturated carbocycles. The van der Waals surface area contributed by atoms with E-state index in [1.165, 1.54) is 12.1 Å². The van der Waals surface area contributed by atoms with Gasteiger partial charge >= 0.3 is 0 Å². The summed E-state index contributed by atoms with van der Waals surface area (Å²) in [5.41, 5.74) is 3.55. The molecule has 1 aromatic carbocycles. The number of rotatable bonds is 6. The molecule has 2 N–H and O–H groups in total. The molecule has 5 rings (SSSR count). The predicted molar refractivity (Wildman–Crippen MR) is 120 cm³/mol. The lowest BCUT2D eigenvalue weighted by Gasteiger charge is -2.24. The number of Topliss-reactive ketones (excluding diaryl/α,β-unsaturated/α-hetero) is 1. The Morgan fingerprint density at radius 1 is 1.38 bits per heavy atom. The number of aromatic nitrogens is 4. The normalized spacial score (nSPS) is 15.5. The Balaban J connectivity index is 1.53. The zero-order valence-electron chi connectivity index (χ0n) is 17.4. The van der Waals surface area contributed by atoms with Gasteiger partial charge < -0.3 is 14.6 Å². The summed E-state index contributed by atoms with van der Waals surface area (Å²) >= 11 is 6.19. The maximum absolute atomic E-state index is 13.7. The molecule has 9 heteroatoms. The number of hydrogen-bond donors (Lipinski definition) is 2. The first-order chi connectivity index (χ1) is 15.5. The fourth-order valence-corrected chi connectivity index (χ4v) is 4.34. The van der Waals surface area contributed by atoms with Crippen molar-refractivity contribution in [3.63, 3.8) is 0 Å². The molecule has 1 aliphatic rings. The molecule has 0 fully saturated rings. The van der Waals surface area contributed by atoms with Crippen LogP contribution < -0.4 is 10.1 Å². The van der Waals surface area contributed by atoms with Crippen molar-refractivity contribution < 1.29 is 13.9 Å². The Morgan fingerprint density at radius 2 is 2.25 bits per heavy atom. The number of halogens is 2. The van der Waals surface area contributed by atoms with Gasteiger partial charge in [0.05, 0.1) is 35.5 Å². The Morgan fingerprint density at radius 3 is 3.03 bits per heavy atom. The van der Waals surface area contributed by atoms with Gasteiger partial charge in [0.25, 0.3) is 0 Å². The highest BCUT2D eigenvalue weighted by Gasteiger charge is 2.29. The molecule has 0 aliphatic carbocycles. The molecule has 0 amide bonds. The van der Waals surface area contributed by atoms with Crippen LogP contribution in [0.15, 0.2) is 42.9 Å². The summed E-state index contributed by atoms with van der Waals surface area (Å²) in [6.07, 6.45) is 5.63. The lowest BCUT2D eigenvalue weighted by atomic mass is 9.90. The molecule has 0 spiro atoms. The van der Waals surface area contributed by atoms with Crippen molar-refractivity contribution in [1.82, 2.24) is 25.1 Å². The molecule has 32 heavy (non-hydrogen) atoms. The summed E-state index contributed by atoms with van der Waals surface area (Å²) in [4.78, 5) is 18.0. The highest BCUT2D eigenvalue weighted by molar-refractivity contribution is 6.32. The third-order valence-electron chi connectivity index (χ3n) is 5.80. The molecular weight excluding hydrogens is 433 g/mol. The van der Waals surface area contributed by atoms with Crippen molar-refractivity contribution in [2.24, 2.45) is 5.92 Å². The number of fused-ring (bicyclic) bond motifs is 2. The number of likely N-dealkylation sites (N-methyl/N-ethyl adjacent to an activating group) is 1. The Hall–Kier alpha value is -3.23. The second-order valence-electron chi connectivity index (χ2n) is 7.85. The number of nitrogens with one attached hydrogen (secondary N) is 2. The van der Waals surface area contributed by atoms with Gasteiger partial charge in [-0.2, -0.15) is 5.10 Å². The molecule has 0 radical (unpaired) electrons. The van der Waals surface area contributed by atoms with Crippen molar-refractivity contribution in [2.45, 2.75) is 13.0 Å². The summed E-state index contributed by atoms with van der Waals surface area (Å²) in [5.74, 6) is -0.131. The van der Waals surface area contributed by atoms with Crippen molar-refractivity contribution in [1.29, 1.82) is 0 Å². The Labute approximate surface area is 188 Å². The molecule has 0 bridgehead atoms. The first-order valence-electron chi connectivity index (χ1n) is 10.3. The number of ketones is 1. The molecule has 1 unspecified atom stereocenters. The Kier molecular flexibility index (Phi) is 5.40. The number of benzene rings is 1. The second-order valence-corrected chi connectivity index (χ2v) is 8.23. The van der Waals surface area contributed by atoms with Crippen molar-refractivity contribution in [3.8, 4) is 17.0 Å².